The first-order valence-corrected chi connectivity index (χ1v) is 11.9. The Balaban J connectivity index is 1.69. The molecule has 0 aromatic heterocycles. The zero-order chi connectivity index (χ0) is 25.6. The van der Waals surface area contributed by atoms with E-state index >= 15 is 0 Å². The van der Waals surface area contributed by atoms with Gasteiger partial charge in [-0.05, 0) is 37.0 Å². The van der Waals surface area contributed by atoms with Crippen molar-refractivity contribution in [2.75, 3.05) is 18.4 Å². The molecule has 1 aromatic rings. The molecule has 0 bridgehead atoms. The van der Waals surface area contributed by atoms with Crippen LogP contribution >= 0.6 is 0 Å². The van der Waals surface area contributed by atoms with Crippen molar-refractivity contribution in [2.24, 2.45) is 0 Å². The number of unbranched alkanes of at least 4 members (excludes halogenated alkanes) is 3. The topological polar surface area (TPSA) is 145 Å². The van der Waals surface area contributed by atoms with E-state index in [4.69, 9.17) is 5.11 Å². The Labute approximate surface area is 205 Å². The van der Waals surface area contributed by atoms with Crippen molar-refractivity contribution in [3.05, 3.63) is 42.0 Å². The molecule has 0 saturated carbocycles. The molecule has 2 rings (SSSR count). The SMILES string of the molecule is CCCC[C@H](NC(=O)CNC(=O)CCCCCN1C(=O)C=CC1=O)C(=O)Nc1ccc(CO)cc1. The lowest BCUT2D eigenvalue weighted by molar-refractivity contribution is -0.137. The minimum Gasteiger partial charge on any atom is -0.392 e. The number of rotatable bonds is 15. The van der Waals surface area contributed by atoms with E-state index in [9.17, 15) is 24.0 Å². The Morgan fingerprint density at radius 1 is 0.943 bits per heavy atom. The number of nitrogens with one attached hydrogen (secondary N) is 3. The summed E-state index contributed by atoms with van der Waals surface area (Å²) in [7, 11) is 0. The highest BCUT2D eigenvalue weighted by molar-refractivity contribution is 6.12. The van der Waals surface area contributed by atoms with Gasteiger partial charge in [0.25, 0.3) is 11.8 Å². The third kappa shape index (κ3) is 9.70. The summed E-state index contributed by atoms with van der Waals surface area (Å²) in [6.45, 7) is 1.99. The second-order valence-corrected chi connectivity index (χ2v) is 8.36. The number of aliphatic hydroxyl groups excluding tert-OH is 1. The molecule has 10 heteroatoms. The Morgan fingerprint density at radius 2 is 1.63 bits per heavy atom. The highest BCUT2D eigenvalue weighted by Crippen LogP contribution is 2.12. The van der Waals surface area contributed by atoms with Crippen molar-refractivity contribution in [1.29, 1.82) is 0 Å². The largest absolute Gasteiger partial charge is 0.392 e. The number of hydrogen-bond acceptors (Lipinski definition) is 6. The van der Waals surface area contributed by atoms with Gasteiger partial charge in [0.05, 0.1) is 13.2 Å². The average Bonchev–Trinajstić information content (AvgIpc) is 3.17. The molecular formula is C25H34N4O6. The summed E-state index contributed by atoms with van der Waals surface area (Å²) < 4.78 is 0. The minimum absolute atomic E-state index is 0.0898. The Kier molecular flexibility index (Phi) is 11.6. The van der Waals surface area contributed by atoms with Crippen molar-refractivity contribution >= 4 is 35.2 Å². The second kappa shape index (κ2) is 14.7. The standard InChI is InChI=1S/C25H34N4O6/c1-2-3-7-20(25(35)27-19-11-9-18(17-30)10-12-19)28-22(32)16-26-21(31)8-5-4-6-15-29-23(33)13-14-24(29)34/h9-14,20,30H,2-8,15-17H2,1H3,(H,26,31)(H,27,35)(H,28,32)/t20-/m0/s1. The van der Waals surface area contributed by atoms with Gasteiger partial charge in [0, 0.05) is 30.8 Å². The lowest BCUT2D eigenvalue weighted by Crippen LogP contribution is -2.47. The third-order valence-electron chi connectivity index (χ3n) is 5.53. The molecule has 190 valence electrons. The lowest BCUT2D eigenvalue weighted by atomic mass is 10.1. The van der Waals surface area contributed by atoms with E-state index in [1.54, 1.807) is 24.3 Å². The molecule has 0 radical (unpaired) electrons. The first-order chi connectivity index (χ1) is 16.8. The summed E-state index contributed by atoms with van der Waals surface area (Å²) in [6.07, 6.45) is 6.61. The maximum Gasteiger partial charge on any atom is 0.253 e. The maximum absolute atomic E-state index is 12.7. The molecule has 1 aromatic carbocycles. The van der Waals surface area contributed by atoms with Crippen LogP contribution < -0.4 is 16.0 Å². The maximum atomic E-state index is 12.7. The molecule has 0 fully saturated rings. The number of amides is 5. The van der Waals surface area contributed by atoms with Crippen LogP contribution in [0.25, 0.3) is 0 Å². The van der Waals surface area contributed by atoms with E-state index in [1.807, 2.05) is 6.92 Å². The molecular weight excluding hydrogens is 452 g/mol. The van der Waals surface area contributed by atoms with Crippen molar-refractivity contribution in [2.45, 2.75) is 64.5 Å². The molecule has 1 heterocycles. The van der Waals surface area contributed by atoms with Crippen LogP contribution in [0, 0.1) is 0 Å². The van der Waals surface area contributed by atoms with Crippen molar-refractivity contribution in [3.63, 3.8) is 0 Å². The summed E-state index contributed by atoms with van der Waals surface area (Å²) in [5.74, 6) is -1.72. The van der Waals surface area contributed by atoms with Crippen LogP contribution in [-0.2, 0) is 30.6 Å². The third-order valence-corrected chi connectivity index (χ3v) is 5.53. The molecule has 0 spiro atoms. The summed E-state index contributed by atoms with van der Waals surface area (Å²) in [6, 6.07) is 6.03. The van der Waals surface area contributed by atoms with E-state index < -0.39 is 11.9 Å². The summed E-state index contributed by atoms with van der Waals surface area (Å²) in [5.41, 5.74) is 1.29. The number of aliphatic hydroxyl groups is 1. The van der Waals surface area contributed by atoms with Crippen LogP contribution in [0.1, 0.15) is 57.4 Å². The van der Waals surface area contributed by atoms with Gasteiger partial charge in [-0.3, -0.25) is 28.9 Å². The predicted molar refractivity (Wildman–Crippen MR) is 130 cm³/mol. The Hall–Kier alpha value is -3.53. The van der Waals surface area contributed by atoms with Gasteiger partial charge in [0.15, 0.2) is 0 Å². The molecule has 1 atom stereocenters. The molecule has 0 aliphatic carbocycles. The highest BCUT2D eigenvalue weighted by Gasteiger charge is 2.22. The molecule has 1 aliphatic rings. The first-order valence-electron chi connectivity index (χ1n) is 11.9. The molecule has 4 N–H and O–H groups in total. The number of carbonyl (C=O) groups excluding carboxylic acids is 5. The van der Waals surface area contributed by atoms with Gasteiger partial charge in [-0.2, -0.15) is 0 Å². The van der Waals surface area contributed by atoms with E-state index in [0.717, 1.165) is 18.4 Å². The second-order valence-electron chi connectivity index (χ2n) is 8.36. The van der Waals surface area contributed by atoms with Gasteiger partial charge in [-0.25, -0.2) is 0 Å². The number of hydrogen-bond donors (Lipinski definition) is 4. The van der Waals surface area contributed by atoms with E-state index in [-0.39, 0.29) is 43.2 Å². The van der Waals surface area contributed by atoms with Crippen molar-refractivity contribution in [3.8, 4) is 0 Å². The van der Waals surface area contributed by atoms with Crippen LogP contribution in [-0.4, -0.2) is 58.7 Å². The van der Waals surface area contributed by atoms with Gasteiger partial charge in [0.2, 0.25) is 17.7 Å². The number of benzene rings is 1. The fraction of sp³-hybridized carbons (Fsp3) is 0.480. The van der Waals surface area contributed by atoms with E-state index in [0.29, 0.717) is 37.9 Å². The van der Waals surface area contributed by atoms with Gasteiger partial charge in [-0.15, -0.1) is 0 Å². The molecule has 5 amide bonds. The lowest BCUT2D eigenvalue weighted by Gasteiger charge is -2.18. The molecule has 1 aliphatic heterocycles. The fourth-order valence-electron chi connectivity index (χ4n) is 3.50. The molecule has 35 heavy (non-hydrogen) atoms. The fourth-order valence-corrected chi connectivity index (χ4v) is 3.50. The minimum atomic E-state index is -0.734. The first kappa shape index (κ1) is 27.7. The zero-order valence-corrected chi connectivity index (χ0v) is 20.0. The summed E-state index contributed by atoms with van der Waals surface area (Å²) in [4.78, 5) is 61.2. The van der Waals surface area contributed by atoms with Gasteiger partial charge in [-0.1, -0.05) is 38.3 Å². The van der Waals surface area contributed by atoms with E-state index in [2.05, 4.69) is 16.0 Å². The smallest absolute Gasteiger partial charge is 0.253 e. The quantitative estimate of drug-likeness (QED) is 0.218. The van der Waals surface area contributed by atoms with Crippen LogP contribution in [0.2, 0.25) is 0 Å². The summed E-state index contributed by atoms with van der Waals surface area (Å²) in [5, 5.41) is 17.1. The van der Waals surface area contributed by atoms with Crippen LogP contribution in [0.5, 0.6) is 0 Å². The predicted octanol–water partition coefficient (Wildman–Crippen LogP) is 1.39. The number of carbonyl (C=O) groups is 5. The van der Waals surface area contributed by atoms with Crippen LogP contribution in [0.4, 0.5) is 5.69 Å². The van der Waals surface area contributed by atoms with E-state index in [1.165, 1.54) is 17.1 Å². The number of anilines is 1. The number of nitrogens with zero attached hydrogens (tertiary/aromatic N) is 1. The normalized spacial score (nSPS) is 13.6. The van der Waals surface area contributed by atoms with Crippen molar-refractivity contribution in [1.82, 2.24) is 15.5 Å². The molecule has 0 unspecified atom stereocenters. The van der Waals surface area contributed by atoms with Gasteiger partial charge >= 0.3 is 0 Å². The highest BCUT2D eigenvalue weighted by atomic mass is 16.3. The van der Waals surface area contributed by atoms with Crippen LogP contribution in [0.15, 0.2) is 36.4 Å². The summed E-state index contributed by atoms with van der Waals surface area (Å²) >= 11 is 0. The van der Waals surface area contributed by atoms with Gasteiger partial charge < -0.3 is 21.1 Å². The van der Waals surface area contributed by atoms with Gasteiger partial charge in [0.1, 0.15) is 6.04 Å². The molecule has 10 nitrogen and oxygen atoms in total. The number of imide groups is 1. The molecule has 0 saturated heterocycles. The Bertz CT molecular complexity index is 910. The van der Waals surface area contributed by atoms with Crippen molar-refractivity contribution < 1.29 is 29.1 Å². The average molecular weight is 487 g/mol. The zero-order valence-electron chi connectivity index (χ0n) is 20.0. The monoisotopic (exact) mass is 486 g/mol. The van der Waals surface area contributed by atoms with Crippen LogP contribution in [0.3, 0.4) is 0 Å². The Morgan fingerprint density at radius 3 is 2.26 bits per heavy atom.